The summed E-state index contributed by atoms with van der Waals surface area (Å²) in [6.45, 7) is 2.34. The van der Waals surface area contributed by atoms with E-state index in [1.807, 2.05) is 6.92 Å². The van der Waals surface area contributed by atoms with E-state index in [0.717, 1.165) is 19.3 Å². The van der Waals surface area contributed by atoms with Gasteiger partial charge in [0.15, 0.2) is 0 Å². The molecule has 1 aliphatic carbocycles. The third-order valence-electron chi connectivity index (χ3n) is 4.27. The molecule has 1 heterocycles. The van der Waals surface area contributed by atoms with E-state index in [4.69, 9.17) is 9.84 Å². The van der Waals surface area contributed by atoms with Crippen molar-refractivity contribution in [3.05, 3.63) is 0 Å². The Labute approximate surface area is 101 Å². The quantitative estimate of drug-likeness (QED) is 0.796. The maximum absolute atomic E-state index is 12.4. The molecule has 2 aliphatic rings. The van der Waals surface area contributed by atoms with Crippen LogP contribution in [0.1, 0.15) is 32.6 Å². The first kappa shape index (κ1) is 12.4. The smallest absolute Gasteiger partial charge is 0.308 e. The molecule has 5 heteroatoms. The summed E-state index contributed by atoms with van der Waals surface area (Å²) in [4.78, 5) is 25.1. The number of carboxylic acids is 1. The third kappa shape index (κ3) is 1.82. The van der Waals surface area contributed by atoms with E-state index in [-0.39, 0.29) is 11.9 Å². The summed E-state index contributed by atoms with van der Waals surface area (Å²) in [6, 6.07) is -0.229. The summed E-state index contributed by atoms with van der Waals surface area (Å²) < 4.78 is 5.35. The lowest BCUT2D eigenvalue weighted by atomic mass is 9.78. The lowest BCUT2D eigenvalue weighted by Gasteiger charge is -2.42. The topological polar surface area (TPSA) is 66.8 Å². The number of hydrogen-bond donors (Lipinski definition) is 1. The normalized spacial score (nSPS) is 31.1. The van der Waals surface area contributed by atoms with Crippen molar-refractivity contribution in [3.8, 4) is 0 Å². The summed E-state index contributed by atoms with van der Waals surface area (Å²) in [7, 11) is 1.56. The molecule has 0 bridgehead atoms. The standard InChI is InChI=1S/C12H19NO4/c1-8-9(10(14)15)4-7-13(8)11(16)12(17-2)5-3-6-12/h8-9H,3-7H2,1-2H3,(H,14,15). The molecule has 0 aromatic heterocycles. The van der Waals surface area contributed by atoms with Crippen molar-refractivity contribution >= 4 is 11.9 Å². The van der Waals surface area contributed by atoms with Crippen LogP contribution in [-0.2, 0) is 14.3 Å². The molecule has 0 aromatic carbocycles. The zero-order valence-corrected chi connectivity index (χ0v) is 10.3. The Morgan fingerprint density at radius 2 is 2.06 bits per heavy atom. The van der Waals surface area contributed by atoms with Gasteiger partial charge in [0.1, 0.15) is 5.60 Å². The summed E-state index contributed by atoms with van der Waals surface area (Å²) in [5.74, 6) is -1.27. The van der Waals surface area contributed by atoms with Crippen LogP contribution in [0.15, 0.2) is 0 Å². The van der Waals surface area contributed by atoms with Crippen LogP contribution in [-0.4, -0.2) is 47.2 Å². The minimum atomic E-state index is -0.812. The molecular formula is C12H19NO4. The van der Waals surface area contributed by atoms with E-state index in [1.165, 1.54) is 0 Å². The van der Waals surface area contributed by atoms with Gasteiger partial charge < -0.3 is 14.7 Å². The number of carboxylic acid groups (broad SMARTS) is 1. The van der Waals surface area contributed by atoms with Crippen molar-refractivity contribution in [2.24, 2.45) is 5.92 Å². The lowest BCUT2D eigenvalue weighted by molar-refractivity contribution is -0.167. The van der Waals surface area contributed by atoms with Crippen molar-refractivity contribution in [2.75, 3.05) is 13.7 Å². The monoisotopic (exact) mass is 241 g/mol. The Morgan fingerprint density at radius 1 is 1.41 bits per heavy atom. The maximum atomic E-state index is 12.4. The molecule has 1 saturated heterocycles. The summed E-state index contributed by atoms with van der Waals surface area (Å²) >= 11 is 0. The van der Waals surface area contributed by atoms with Crippen LogP contribution in [0.3, 0.4) is 0 Å². The molecule has 96 valence electrons. The zero-order chi connectivity index (χ0) is 12.6. The number of rotatable bonds is 3. The second-order valence-corrected chi connectivity index (χ2v) is 5.02. The number of aliphatic carboxylic acids is 1. The van der Waals surface area contributed by atoms with E-state index < -0.39 is 17.5 Å². The van der Waals surface area contributed by atoms with Gasteiger partial charge in [0.2, 0.25) is 0 Å². The molecule has 0 radical (unpaired) electrons. The number of methoxy groups -OCH3 is 1. The van der Waals surface area contributed by atoms with Gasteiger partial charge in [0, 0.05) is 19.7 Å². The first-order valence-electron chi connectivity index (χ1n) is 6.11. The van der Waals surface area contributed by atoms with E-state index in [0.29, 0.717) is 13.0 Å². The molecular weight excluding hydrogens is 222 g/mol. The summed E-state index contributed by atoms with van der Waals surface area (Å²) in [5, 5.41) is 9.05. The molecule has 1 saturated carbocycles. The van der Waals surface area contributed by atoms with Gasteiger partial charge in [-0.3, -0.25) is 9.59 Å². The van der Waals surface area contributed by atoms with Crippen LogP contribution in [0.25, 0.3) is 0 Å². The van der Waals surface area contributed by atoms with Crippen LogP contribution in [0.2, 0.25) is 0 Å². The molecule has 5 nitrogen and oxygen atoms in total. The van der Waals surface area contributed by atoms with Crippen molar-refractivity contribution in [3.63, 3.8) is 0 Å². The molecule has 2 atom stereocenters. The molecule has 17 heavy (non-hydrogen) atoms. The van der Waals surface area contributed by atoms with Gasteiger partial charge in [-0.15, -0.1) is 0 Å². The average molecular weight is 241 g/mol. The van der Waals surface area contributed by atoms with E-state index in [1.54, 1.807) is 12.0 Å². The van der Waals surface area contributed by atoms with Crippen molar-refractivity contribution < 1.29 is 19.4 Å². The fourth-order valence-corrected chi connectivity index (χ4v) is 2.82. The molecule has 1 amide bonds. The number of carbonyl (C=O) groups excluding carboxylic acids is 1. The third-order valence-corrected chi connectivity index (χ3v) is 4.27. The van der Waals surface area contributed by atoms with Gasteiger partial charge in [-0.05, 0) is 32.6 Å². The minimum Gasteiger partial charge on any atom is -0.481 e. The first-order valence-corrected chi connectivity index (χ1v) is 6.11. The van der Waals surface area contributed by atoms with E-state index in [2.05, 4.69) is 0 Å². The van der Waals surface area contributed by atoms with Gasteiger partial charge >= 0.3 is 5.97 Å². The number of likely N-dealkylation sites (tertiary alicyclic amines) is 1. The molecule has 1 aliphatic heterocycles. The SMILES string of the molecule is COC1(C(=O)N2CCC(C(=O)O)C2C)CCC1. The largest absolute Gasteiger partial charge is 0.481 e. The van der Waals surface area contributed by atoms with Crippen LogP contribution in [0.5, 0.6) is 0 Å². The van der Waals surface area contributed by atoms with Crippen LogP contribution >= 0.6 is 0 Å². The summed E-state index contributed by atoms with van der Waals surface area (Å²) in [5.41, 5.74) is -0.665. The Hall–Kier alpha value is -1.10. The van der Waals surface area contributed by atoms with Gasteiger partial charge in [-0.1, -0.05) is 0 Å². The number of carbonyl (C=O) groups is 2. The van der Waals surface area contributed by atoms with Crippen LogP contribution < -0.4 is 0 Å². The lowest BCUT2D eigenvalue weighted by Crippen LogP contribution is -2.55. The highest BCUT2D eigenvalue weighted by Gasteiger charge is 2.50. The molecule has 2 fully saturated rings. The van der Waals surface area contributed by atoms with Crippen LogP contribution in [0, 0.1) is 5.92 Å². The van der Waals surface area contributed by atoms with Crippen molar-refractivity contribution in [1.82, 2.24) is 4.90 Å². The Balaban J connectivity index is 2.09. The van der Waals surface area contributed by atoms with Gasteiger partial charge in [0.05, 0.1) is 5.92 Å². The predicted molar refractivity (Wildman–Crippen MR) is 60.5 cm³/mol. The highest BCUT2D eigenvalue weighted by Crippen LogP contribution is 2.39. The second kappa shape index (κ2) is 4.29. The Bertz CT molecular complexity index is 332. The van der Waals surface area contributed by atoms with E-state index in [9.17, 15) is 9.59 Å². The average Bonchev–Trinajstić information content (AvgIpc) is 2.59. The number of nitrogens with zero attached hydrogens (tertiary/aromatic N) is 1. The fraction of sp³-hybridized carbons (Fsp3) is 0.833. The Kier molecular flexibility index (Phi) is 3.12. The first-order chi connectivity index (χ1) is 8.02. The van der Waals surface area contributed by atoms with Crippen molar-refractivity contribution in [1.29, 1.82) is 0 Å². The van der Waals surface area contributed by atoms with Gasteiger partial charge in [-0.2, -0.15) is 0 Å². The predicted octanol–water partition coefficient (Wildman–Crippen LogP) is 0.877. The number of ether oxygens (including phenoxy) is 1. The van der Waals surface area contributed by atoms with Crippen molar-refractivity contribution in [2.45, 2.75) is 44.2 Å². The fourth-order valence-electron chi connectivity index (χ4n) is 2.82. The molecule has 0 aromatic rings. The number of hydrogen-bond acceptors (Lipinski definition) is 3. The zero-order valence-electron chi connectivity index (χ0n) is 10.3. The highest BCUT2D eigenvalue weighted by atomic mass is 16.5. The second-order valence-electron chi connectivity index (χ2n) is 5.02. The molecule has 1 N–H and O–H groups in total. The highest BCUT2D eigenvalue weighted by molar-refractivity contribution is 5.87. The molecule has 0 spiro atoms. The Morgan fingerprint density at radius 3 is 2.41 bits per heavy atom. The van der Waals surface area contributed by atoms with Gasteiger partial charge in [0.25, 0.3) is 5.91 Å². The maximum Gasteiger partial charge on any atom is 0.308 e. The van der Waals surface area contributed by atoms with E-state index >= 15 is 0 Å². The van der Waals surface area contributed by atoms with Gasteiger partial charge in [-0.25, -0.2) is 0 Å². The number of amides is 1. The molecule has 2 rings (SSSR count). The summed E-state index contributed by atoms with van der Waals surface area (Å²) in [6.07, 6.45) is 3.05. The molecule has 2 unspecified atom stereocenters. The minimum absolute atomic E-state index is 0.0255. The van der Waals surface area contributed by atoms with Crippen LogP contribution in [0.4, 0.5) is 0 Å².